The minimum atomic E-state index is -0.777. The minimum absolute atomic E-state index is 0.0717. The Hall–Kier alpha value is -2.37. The molecule has 0 radical (unpaired) electrons. The molecular formula is C76H142O6. The number of unbranched alkanes of at least 4 members (excludes halogenated alkanes) is 52. The second kappa shape index (κ2) is 71.1. The highest BCUT2D eigenvalue weighted by Crippen LogP contribution is 2.19. The molecule has 0 aromatic rings. The molecule has 0 amide bonds. The third-order valence-corrected chi connectivity index (χ3v) is 16.9. The van der Waals surface area contributed by atoms with Crippen molar-refractivity contribution >= 4 is 17.9 Å². The molecule has 0 rings (SSSR count). The zero-order valence-corrected chi connectivity index (χ0v) is 55.5. The predicted octanol–water partition coefficient (Wildman–Crippen LogP) is 25.5. The van der Waals surface area contributed by atoms with E-state index in [0.717, 1.165) is 96.3 Å². The summed E-state index contributed by atoms with van der Waals surface area (Å²) in [6.07, 6.45) is 89.1. The van der Waals surface area contributed by atoms with Crippen LogP contribution in [0, 0.1) is 0 Å². The van der Waals surface area contributed by atoms with E-state index in [1.165, 1.54) is 276 Å². The Balaban J connectivity index is 4.20. The number of ether oxygens (including phenoxy) is 3. The van der Waals surface area contributed by atoms with Gasteiger partial charge in [0.2, 0.25) is 0 Å². The van der Waals surface area contributed by atoms with Crippen LogP contribution in [0.3, 0.4) is 0 Å². The molecule has 0 aromatic heterocycles. The molecule has 0 aromatic carbocycles. The zero-order valence-electron chi connectivity index (χ0n) is 55.5. The molecule has 0 saturated carbocycles. The molecule has 0 heterocycles. The average Bonchev–Trinajstić information content (AvgIpc) is 3.47. The normalized spacial score (nSPS) is 12.2. The van der Waals surface area contributed by atoms with Crippen LogP contribution in [0.15, 0.2) is 36.5 Å². The number of hydrogen-bond acceptors (Lipinski definition) is 6. The zero-order chi connectivity index (χ0) is 59.2. The van der Waals surface area contributed by atoms with E-state index in [1.54, 1.807) is 0 Å². The molecular weight excluding hydrogens is 1010 g/mol. The van der Waals surface area contributed by atoms with Gasteiger partial charge in [-0.3, -0.25) is 14.4 Å². The van der Waals surface area contributed by atoms with Gasteiger partial charge in [0.25, 0.3) is 0 Å². The van der Waals surface area contributed by atoms with Gasteiger partial charge in [0.1, 0.15) is 13.2 Å². The van der Waals surface area contributed by atoms with Crippen LogP contribution >= 0.6 is 0 Å². The maximum Gasteiger partial charge on any atom is 0.306 e. The van der Waals surface area contributed by atoms with Crippen LogP contribution in [0.4, 0.5) is 0 Å². The van der Waals surface area contributed by atoms with Gasteiger partial charge in [-0.2, -0.15) is 0 Å². The Morgan fingerprint density at radius 3 is 0.744 bits per heavy atom. The first-order valence-corrected chi connectivity index (χ1v) is 37.0. The molecule has 0 bridgehead atoms. The van der Waals surface area contributed by atoms with Crippen molar-refractivity contribution in [3.05, 3.63) is 36.5 Å². The van der Waals surface area contributed by atoms with Crippen molar-refractivity contribution < 1.29 is 28.6 Å². The van der Waals surface area contributed by atoms with Gasteiger partial charge in [0.05, 0.1) is 0 Å². The van der Waals surface area contributed by atoms with Crippen LogP contribution in [0.2, 0.25) is 0 Å². The first-order valence-electron chi connectivity index (χ1n) is 37.0. The van der Waals surface area contributed by atoms with Crippen LogP contribution in [-0.4, -0.2) is 37.2 Å². The van der Waals surface area contributed by atoms with E-state index in [9.17, 15) is 14.4 Å². The monoisotopic (exact) mass is 1150 g/mol. The highest BCUT2D eigenvalue weighted by molar-refractivity contribution is 5.71. The topological polar surface area (TPSA) is 78.9 Å². The number of allylic oxidation sites excluding steroid dienone is 6. The molecule has 1 atom stereocenters. The summed E-state index contributed by atoms with van der Waals surface area (Å²) in [5.41, 5.74) is 0. The first-order chi connectivity index (χ1) is 40.5. The van der Waals surface area contributed by atoms with Gasteiger partial charge in [0, 0.05) is 19.3 Å². The molecule has 0 fully saturated rings. The van der Waals surface area contributed by atoms with E-state index in [2.05, 4.69) is 57.2 Å². The molecule has 0 aliphatic carbocycles. The van der Waals surface area contributed by atoms with Gasteiger partial charge in [-0.1, -0.05) is 378 Å². The Morgan fingerprint density at radius 2 is 0.476 bits per heavy atom. The lowest BCUT2D eigenvalue weighted by Gasteiger charge is -2.18. The third-order valence-electron chi connectivity index (χ3n) is 16.9. The van der Waals surface area contributed by atoms with Crippen molar-refractivity contribution in [1.29, 1.82) is 0 Å². The number of rotatable bonds is 69. The number of esters is 3. The van der Waals surface area contributed by atoms with E-state index in [-0.39, 0.29) is 31.1 Å². The fraction of sp³-hybridized carbons (Fsp3) is 0.882. The largest absolute Gasteiger partial charge is 0.462 e. The van der Waals surface area contributed by atoms with E-state index in [4.69, 9.17) is 14.2 Å². The summed E-state index contributed by atoms with van der Waals surface area (Å²) >= 11 is 0. The van der Waals surface area contributed by atoms with E-state index < -0.39 is 6.10 Å². The summed E-state index contributed by atoms with van der Waals surface area (Å²) in [5, 5.41) is 0. The quantitative estimate of drug-likeness (QED) is 0.0261. The lowest BCUT2D eigenvalue weighted by Crippen LogP contribution is -2.30. The van der Waals surface area contributed by atoms with Crippen molar-refractivity contribution in [1.82, 2.24) is 0 Å². The second-order valence-corrected chi connectivity index (χ2v) is 25.2. The van der Waals surface area contributed by atoms with Gasteiger partial charge in [0.15, 0.2) is 6.10 Å². The summed E-state index contributed by atoms with van der Waals surface area (Å²) in [5.74, 6) is -0.857. The lowest BCUT2D eigenvalue weighted by atomic mass is 10.0. The molecule has 6 heteroatoms. The molecule has 0 aliphatic heterocycles. The van der Waals surface area contributed by atoms with Gasteiger partial charge < -0.3 is 14.2 Å². The molecule has 0 aliphatic rings. The number of hydrogen-bond donors (Lipinski definition) is 0. The average molecular weight is 1150 g/mol. The third kappa shape index (κ3) is 68.4. The summed E-state index contributed by atoms with van der Waals surface area (Å²) in [4.78, 5) is 38.5. The fourth-order valence-corrected chi connectivity index (χ4v) is 11.4. The minimum Gasteiger partial charge on any atom is -0.462 e. The van der Waals surface area contributed by atoms with E-state index >= 15 is 0 Å². The Morgan fingerprint density at radius 1 is 0.256 bits per heavy atom. The standard InChI is InChI=1S/C76H142O6/c1-4-7-10-13-16-19-22-25-28-30-32-34-35-36-37-38-39-40-41-42-44-45-48-51-54-57-60-63-66-69-75(78)81-72-73(71-80-74(77)68-65-62-59-56-53-50-47-27-24-21-18-15-12-9-6-3)82-76(79)70-67-64-61-58-55-52-49-46-43-33-31-29-26-23-20-17-14-11-8-5-2/h9,12,18,21,27,47,73H,4-8,10-11,13-17,19-20,22-26,28-46,48-72H2,1-3H3/b12-9-,21-18-,47-27-. The summed E-state index contributed by atoms with van der Waals surface area (Å²) < 4.78 is 17.0. The summed E-state index contributed by atoms with van der Waals surface area (Å²) in [6, 6.07) is 0. The van der Waals surface area contributed by atoms with Crippen LogP contribution in [0.1, 0.15) is 412 Å². The molecule has 6 nitrogen and oxygen atoms in total. The Kier molecular flexibility index (Phi) is 69.1. The fourth-order valence-electron chi connectivity index (χ4n) is 11.4. The van der Waals surface area contributed by atoms with Crippen LogP contribution in [0.25, 0.3) is 0 Å². The van der Waals surface area contributed by atoms with Crippen molar-refractivity contribution in [2.45, 2.75) is 419 Å². The molecule has 0 spiro atoms. The van der Waals surface area contributed by atoms with Crippen molar-refractivity contribution in [3.8, 4) is 0 Å². The molecule has 482 valence electrons. The molecule has 0 N–H and O–H groups in total. The SMILES string of the molecule is CC/C=C\C/C=C\C/C=C\CCCCCCCC(=O)OCC(COC(=O)CCCCCCCCCCCCCCCCCCCCCCCCCCCCCCC)OC(=O)CCCCCCCCCCCCCCCCCCCCCC. The predicted molar refractivity (Wildman–Crippen MR) is 358 cm³/mol. The molecule has 82 heavy (non-hydrogen) atoms. The maximum absolute atomic E-state index is 13.0. The number of carbonyl (C=O) groups excluding carboxylic acids is 3. The molecule has 1 unspecified atom stereocenters. The maximum atomic E-state index is 13.0. The van der Waals surface area contributed by atoms with Crippen LogP contribution in [0.5, 0.6) is 0 Å². The second-order valence-electron chi connectivity index (χ2n) is 25.2. The first kappa shape index (κ1) is 79.6. The Labute approximate surface area is 512 Å². The van der Waals surface area contributed by atoms with Crippen molar-refractivity contribution in [2.24, 2.45) is 0 Å². The summed E-state index contributed by atoms with van der Waals surface area (Å²) in [7, 11) is 0. The smallest absolute Gasteiger partial charge is 0.306 e. The Bertz CT molecular complexity index is 1370. The van der Waals surface area contributed by atoms with Gasteiger partial charge in [-0.25, -0.2) is 0 Å². The lowest BCUT2D eigenvalue weighted by molar-refractivity contribution is -0.167. The van der Waals surface area contributed by atoms with E-state index in [0.29, 0.717) is 19.3 Å². The van der Waals surface area contributed by atoms with Gasteiger partial charge in [-0.05, 0) is 51.4 Å². The van der Waals surface area contributed by atoms with Crippen LogP contribution in [-0.2, 0) is 28.6 Å². The van der Waals surface area contributed by atoms with Gasteiger partial charge >= 0.3 is 17.9 Å². The van der Waals surface area contributed by atoms with Crippen molar-refractivity contribution in [3.63, 3.8) is 0 Å². The molecule has 0 saturated heterocycles. The summed E-state index contributed by atoms with van der Waals surface area (Å²) in [6.45, 7) is 6.60. The highest BCUT2D eigenvalue weighted by Gasteiger charge is 2.20. The van der Waals surface area contributed by atoms with E-state index in [1.807, 2.05) is 0 Å². The van der Waals surface area contributed by atoms with Gasteiger partial charge in [-0.15, -0.1) is 0 Å². The highest BCUT2D eigenvalue weighted by atomic mass is 16.6. The van der Waals surface area contributed by atoms with Crippen molar-refractivity contribution in [2.75, 3.05) is 13.2 Å². The van der Waals surface area contributed by atoms with Crippen LogP contribution < -0.4 is 0 Å². The number of carbonyl (C=O) groups is 3.